The van der Waals surface area contributed by atoms with E-state index in [4.69, 9.17) is 18.0 Å². The molecule has 0 spiro atoms. The minimum absolute atomic E-state index is 0.00239. The molecular weight excluding hydrogens is 280 g/mol. The minimum atomic E-state index is -3.60. The zero-order valence-electron chi connectivity index (χ0n) is 11.6. The molecule has 0 aliphatic carbocycles. The molecule has 1 aromatic carbocycles. The van der Waals surface area contributed by atoms with Gasteiger partial charge in [-0.1, -0.05) is 36.8 Å². The van der Waals surface area contributed by atoms with Gasteiger partial charge in [-0.05, 0) is 38.3 Å². The first-order valence-electron chi connectivity index (χ1n) is 6.07. The molecule has 1 aromatic rings. The summed E-state index contributed by atoms with van der Waals surface area (Å²) in [6, 6.07) is 3.87. The highest BCUT2D eigenvalue weighted by molar-refractivity contribution is 7.95. The lowest BCUT2D eigenvalue weighted by Gasteiger charge is -2.19. The van der Waals surface area contributed by atoms with Crippen molar-refractivity contribution in [1.29, 1.82) is 0 Å². The van der Waals surface area contributed by atoms with E-state index in [9.17, 15) is 8.42 Å². The Morgan fingerprint density at radius 1 is 1.32 bits per heavy atom. The monoisotopic (exact) mass is 300 g/mol. The normalized spacial score (nSPS) is 13.1. The van der Waals surface area contributed by atoms with Crippen molar-refractivity contribution in [2.24, 2.45) is 5.73 Å². The summed E-state index contributed by atoms with van der Waals surface area (Å²) in [7, 11) is -3.60. The molecule has 0 heterocycles. The number of sulfonamides is 1. The number of benzene rings is 1. The molecule has 0 saturated heterocycles. The number of nitrogens with one attached hydrogen (secondary N) is 1. The van der Waals surface area contributed by atoms with E-state index < -0.39 is 15.3 Å². The Balaban J connectivity index is 3.19. The Morgan fingerprint density at radius 3 is 2.16 bits per heavy atom. The van der Waals surface area contributed by atoms with Gasteiger partial charge >= 0.3 is 0 Å². The number of nitrogens with two attached hydrogens (primary N) is 1. The number of rotatable bonds is 5. The zero-order valence-corrected chi connectivity index (χ0v) is 13.3. The van der Waals surface area contributed by atoms with Crippen LogP contribution in [0.25, 0.3) is 0 Å². The first-order valence-corrected chi connectivity index (χ1v) is 8.03. The summed E-state index contributed by atoms with van der Waals surface area (Å²) in [4.78, 5) is -0.00239. The quantitative estimate of drug-likeness (QED) is 0.819. The highest BCUT2D eigenvalue weighted by atomic mass is 32.2. The van der Waals surface area contributed by atoms with Crippen molar-refractivity contribution in [2.75, 3.05) is 4.72 Å². The smallest absolute Gasteiger partial charge is 0.242 e. The van der Waals surface area contributed by atoms with E-state index in [1.165, 1.54) is 0 Å². The van der Waals surface area contributed by atoms with Crippen LogP contribution in [0.15, 0.2) is 12.1 Å². The van der Waals surface area contributed by atoms with Crippen LogP contribution in [-0.4, -0.2) is 18.7 Å². The van der Waals surface area contributed by atoms with Crippen molar-refractivity contribution in [1.82, 2.24) is 0 Å². The number of aryl methyl sites for hydroxylation is 3. The molecule has 3 N–H and O–H groups in total. The summed E-state index contributed by atoms with van der Waals surface area (Å²) >= 11 is 4.83. The molecule has 0 saturated carbocycles. The van der Waals surface area contributed by atoms with Gasteiger partial charge in [0.1, 0.15) is 5.25 Å². The predicted octanol–water partition coefficient (Wildman–Crippen LogP) is 2.42. The van der Waals surface area contributed by atoms with Crippen LogP contribution in [0.3, 0.4) is 0 Å². The highest BCUT2D eigenvalue weighted by Crippen LogP contribution is 2.24. The van der Waals surface area contributed by atoms with Gasteiger partial charge in [0.05, 0.1) is 10.7 Å². The third kappa shape index (κ3) is 3.67. The number of hydrogen-bond acceptors (Lipinski definition) is 3. The lowest BCUT2D eigenvalue weighted by atomic mass is 10.1. The van der Waals surface area contributed by atoms with Crippen molar-refractivity contribution >= 4 is 32.9 Å². The number of thiocarbonyl (C=S) groups is 1. The van der Waals surface area contributed by atoms with E-state index in [0.29, 0.717) is 12.1 Å². The summed E-state index contributed by atoms with van der Waals surface area (Å²) in [6.07, 6.45) is 0.356. The van der Waals surface area contributed by atoms with Gasteiger partial charge in [-0.3, -0.25) is 4.72 Å². The van der Waals surface area contributed by atoms with Gasteiger partial charge in [0, 0.05) is 0 Å². The highest BCUT2D eigenvalue weighted by Gasteiger charge is 2.27. The fraction of sp³-hybridized carbons (Fsp3) is 0.462. The molecule has 0 aliphatic heterocycles. The molecule has 106 valence electrons. The Labute approximate surface area is 120 Å². The molecular formula is C13H20N2O2S2. The lowest BCUT2D eigenvalue weighted by molar-refractivity contribution is 0.594. The molecule has 6 heteroatoms. The second-order valence-corrected chi connectivity index (χ2v) is 7.05. The van der Waals surface area contributed by atoms with Crippen molar-refractivity contribution in [2.45, 2.75) is 39.4 Å². The van der Waals surface area contributed by atoms with Crippen LogP contribution >= 0.6 is 12.2 Å². The molecule has 0 fully saturated rings. The maximum Gasteiger partial charge on any atom is 0.242 e. The van der Waals surface area contributed by atoms with Crippen LogP contribution in [0.1, 0.15) is 30.0 Å². The van der Waals surface area contributed by atoms with Crippen molar-refractivity contribution in [3.05, 3.63) is 28.8 Å². The zero-order chi connectivity index (χ0) is 14.8. The standard InChI is InChI=1S/C13H20N2O2S2/c1-5-11(13(14)18)19(16,17)15-12-9(3)6-8(2)7-10(12)4/h6-7,11,15H,5H2,1-4H3,(H2,14,18). The van der Waals surface area contributed by atoms with E-state index in [2.05, 4.69) is 4.72 Å². The minimum Gasteiger partial charge on any atom is -0.392 e. The summed E-state index contributed by atoms with van der Waals surface area (Å²) in [5.41, 5.74) is 8.98. The Bertz CT molecular complexity index is 572. The predicted molar refractivity (Wildman–Crippen MR) is 84.1 cm³/mol. The van der Waals surface area contributed by atoms with Gasteiger partial charge in [0.25, 0.3) is 0 Å². The molecule has 0 aromatic heterocycles. The average Bonchev–Trinajstić information content (AvgIpc) is 2.23. The van der Waals surface area contributed by atoms with Crippen molar-refractivity contribution < 1.29 is 8.42 Å². The molecule has 1 unspecified atom stereocenters. The van der Waals surface area contributed by atoms with Gasteiger partial charge in [-0.15, -0.1) is 0 Å². The van der Waals surface area contributed by atoms with Crippen LogP contribution < -0.4 is 10.5 Å². The van der Waals surface area contributed by atoms with Crippen LogP contribution in [-0.2, 0) is 10.0 Å². The van der Waals surface area contributed by atoms with Crippen LogP contribution in [0, 0.1) is 20.8 Å². The topological polar surface area (TPSA) is 72.2 Å². The van der Waals surface area contributed by atoms with E-state index in [-0.39, 0.29) is 4.99 Å². The number of hydrogen-bond donors (Lipinski definition) is 2. The molecule has 19 heavy (non-hydrogen) atoms. The van der Waals surface area contributed by atoms with Crippen molar-refractivity contribution in [3.63, 3.8) is 0 Å². The molecule has 4 nitrogen and oxygen atoms in total. The van der Waals surface area contributed by atoms with Crippen LogP contribution in [0.5, 0.6) is 0 Å². The van der Waals surface area contributed by atoms with Gasteiger partial charge in [-0.2, -0.15) is 0 Å². The summed E-state index contributed by atoms with van der Waals surface area (Å²) in [5, 5.41) is -0.845. The average molecular weight is 300 g/mol. The van der Waals surface area contributed by atoms with Gasteiger partial charge < -0.3 is 5.73 Å². The largest absolute Gasteiger partial charge is 0.392 e. The lowest BCUT2D eigenvalue weighted by Crippen LogP contribution is -2.37. The third-order valence-electron chi connectivity index (χ3n) is 2.98. The van der Waals surface area contributed by atoms with Gasteiger partial charge in [0.2, 0.25) is 10.0 Å². The first kappa shape index (κ1) is 15.9. The Kier molecular flexibility index (Phi) is 4.92. The van der Waals surface area contributed by atoms with E-state index in [0.717, 1.165) is 16.7 Å². The van der Waals surface area contributed by atoms with Crippen LogP contribution in [0.2, 0.25) is 0 Å². The summed E-state index contributed by atoms with van der Waals surface area (Å²) in [5.74, 6) is 0. The van der Waals surface area contributed by atoms with Gasteiger partial charge in [0.15, 0.2) is 0 Å². The number of anilines is 1. The molecule has 0 amide bonds. The molecule has 1 atom stereocenters. The molecule has 0 radical (unpaired) electrons. The third-order valence-corrected chi connectivity index (χ3v) is 5.24. The van der Waals surface area contributed by atoms with Gasteiger partial charge in [-0.25, -0.2) is 8.42 Å². The second-order valence-electron chi connectivity index (χ2n) is 4.72. The Hall–Kier alpha value is -1.14. The summed E-state index contributed by atoms with van der Waals surface area (Å²) < 4.78 is 27.2. The van der Waals surface area contributed by atoms with E-state index in [1.807, 2.05) is 32.9 Å². The van der Waals surface area contributed by atoms with Crippen LogP contribution in [0.4, 0.5) is 5.69 Å². The fourth-order valence-corrected chi connectivity index (χ4v) is 4.17. The molecule has 0 aliphatic rings. The second kappa shape index (κ2) is 5.88. The SMILES string of the molecule is CCC(C(N)=S)S(=O)(=O)Nc1c(C)cc(C)cc1C. The van der Waals surface area contributed by atoms with E-state index >= 15 is 0 Å². The van der Waals surface area contributed by atoms with E-state index in [1.54, 1.807) is 6.92 Å². The van der Waals surface area contributed by atoms with Crippen molar-refractivity contribution in [3.8, 4) is 0 Å². The Morgan fingerprint density at radius 2 is 1.79 bits per heavy atom. The molecule has 0 bridgehead atoms. The summed E-state index contributed by atoms with van der Waals surface area (Å²) in [6.45, 7) is 7.47. The fourth-order valence-electron chi connectivity index (χ4n) is 2.13. The maximum absolute atomic E-state index is 12.3. The first-order chi connectivity index (χ1) is 8.69. The maximum atomic E-state index is 12.3. The molecule has 1 rings (SSSR count).